The predicted octanol–water partition coefficient (Wildman–Crippen LogP) is 0.446. The lowest BCUT2D eigenvalue weighted by Gasteiger charge is -2.26. The summed E-state index contributed by atoms with van der Waals surface area (Å²) in [5.41, 5.74) is 0.617. The first-order valence-corrected chi connectivity index (χ1v) is 6.89. The van der Waals surface area contributed by atoms with E-state index in [1.165, 1.54) is 0 Å². The van der Waals surface area contributed by atoms with E-state index >= 15 is 0 Å². The van der Waals surface area contributed by atoms with Crippen LogP contribution in [0.5, 0.6) is 0 Å². The van der Waals surface area contributed by atoms with Crippen LogP contribution in [0.25, 0.3) is 0 Å². The van der Waals surface area contributed by atoms with Crippen molar-refractivity contribution in [1.29, 1.82) is 0 Å². The van der Waals surface area contributed by atoms with Gasteiger partial charge in [-0.1, -0.05) is 6.07 Å². The van der Waals surface area contributed by atoms with Crippen molar-refractivity contribution in [3.63, 3.8) is 0 Å². The van der Waals surface area contributed by atoms with Crippen LogP contribution < -0.4 is 5.32 Å². The molecular weight excluding hydrogens is 258 g/mol. The highest BCUT2D eigenvalue weighted by atomic mass is 16.5. The van der Waals surface area contributed by atoms with Crippen LogP contribution in [0.2, 0.25) is 0 Å². The predicted molar refractivity (Wildman–Crippen MR) is 71.4 cm³/mol. The van der Waals surface area contributed by atoms with Gasteiger partial charge >= 0.3 is 0 Å². The van der Waals surface area contributed by atoms with E-state index in [9.17, 15) is 9.59 Å². The van der Waals surface area contributed by atoms with Crippen molar-refractivity contribution in [2.45, 2.75) is 18.9 Å². The Morgan fingerprint density at radius 2 is 1.90 bits per heavy atom. The monoisotopic (exact) mass is 275 g/mol. The third kappa shape index (κ3) is 2.96. The van der Waals surface area contributed by atoms with Gasteiger partial charge in [0.2, 0.25) is 0 Å². The first-order valence-electron chi connectivity index (χ1n) is 6.89. The van der Waals surface area contributed by atoms with Gasteiger partial charge < -0.3 is 15.0 Å². The Labute approximate surface area is 117 Å². The molecule has 1 aromatic rings. The van der Waals surface area contributed by atoms with Gasteiger partial charge in [-0.15, -0.1) is 0 Å². The lowest BCUT2D eigenvalue weighted by atomic mass is 10.2. The maximum Gasteiger partial charge on any atom is 0.272 e. The van der Waals surface area contributed by atoms with Crippen LogP contribution in [0.15, 0.2) is 18.2 Å². The third-order valence-electron chi connectivity index (χ3n) is 3.41. The molecule has 1 saturated carbocycles. The van der Waals surface area contributed by atoms with E-state index in [2.05, 4.69) is 10.3 Å². The SMILES string of the molecule is O=C(NC1CC1)c1cccc(C(=O)N2CCOCC2)n1. The zero-order valence-electron chi connectivity index (χ0n) is 11.2. The number of aromatic nitrogens is 1. The number of pyridine rings is 1. The van der Waals surface area contributed by atoms with Gasteiger partial charge in [0.1, 0.15) is 11.4 Å². The molecule has 2 heterocycles. The molecule has 0 unspecified atom stereocenters. The maximum atomic E-state index is 12.3. The standard InChI is InChI=1S/C14H17N3O3/c18-13(15-10-4-5-10)11-2-1-3-12(16-11)14(19)17-6-8-20-9-7-17/h1-3,10H,4-9H2,(H,15,18). The van der Waals surface area contributed by atoms with Crippen molar-refractivity contribution in [2.75, 3.05) is 26.3 Å². The highest BCUT2D eigenvalue weighted by Crippen LogP contribution is 2.19. The highest BCUT2D eigenvalue weighted by Gasteiger charge is 2.25. The molecule has 2 fully saturated rings. The Kier molecular flexibility index (Phi) is 3.64. The normalized spacial score (nSPS) is 18.7. The van der Waals surface area contributed by atoms with Crippen molar-refractivity contribution in [3.8, 4) is 0 Å². The molecule has 1 aromatic heterocycles. The summed E-state index contributed by atoms with van der Waals surface area (Å²) in [6, 6.07) is 5.25. The number of carbonyl (C=O) groups excluding carboxylic acids is 2. The van der Waals surface area contributed by atoms with Gasteiger partial charge in [0.05, 0.1) is 13.2 Å². The lowest BCUT2D eigenvalue weighted by Crippen LogP contribution is -2.41. The van der Waals surface area contributed by atoms with Crippen molar-refractivity contribution in [2.24, 2.45) is 0 Å². The molecule has 6 heteroatoms. The van der Waals surface area contributed by atoms with Gasteiger partial charge in [0.25, 0.3) is 11.8 Å². The fraction of sp³-hybridized carbons (Fsp3) is 0.500. The molecule has 6 nitrogen and oxygen atoms in total. The fourth-order valence-electron chi connectivity index (χ4n) is 2.10. The van der Waals surface area contributed by atoms with Crippen molar-refractivity contribution < 1.29 is 14.3 Å². The Balaban J connectivity index is 1.72. The molecule has 2 aliphatic rings. The van der Waals surface area contributed by atoms with Gasteiger partial charge in [-0.25, -0.2) is 4.98 Å². The molecule has 20 heavy (non-hydrogen) atoms. The first-order chi connectivity index (χ1) is 9.74. The second-order valence-corrected chi connectivity index (χ2v) is 5.06. The Bertz CT molecular complexity index is 522. The minimum atomic E-state index is -0.205. The van der Waals surface area contributed by atoms with Gasteiger partial charge in [0, 0.05) is 19.1 Å². The van der Waals surface area contributed by atoms with E-state index in [4.69, 9.17) is 4.74 Å². The summed E-state index contributed by atoms with van der Waals surface area (Å²) in [5, 5.41) is 2.87. The topological polar surface area (TPSA) is 71.5 Å². The number of carbonyl (C=O) groups is 2. The van der Waals surface area contributed by atoms with E-state index in [0.717, 1.165) is 12.8 Å². The van der Waals surface area contributed by atoms with E-state index < -0.39 is 0 Å². The smallest absolute Gasteiger partial charge is 0.272 e. The molecule has 2 amide bonds. The van der Waals surface area contributed by atoms with Gasteiger partial charge in [-0.2, -0.15) is 0 Å². The second kappa shape index (κ2) is 5.58. The molecule has 106 valence electrons. The summed E-state index contributed by atoms with van der Waals surface area (Å²) in [4.78, 5) is 30.1. The number of amides is 2. The number of hydrogen-bond donors (Lipinski definition) is 1. The molecular formula is C14H17N3O3. The second-order valence-electron chi connectivity index (χ2n) is 5.06. The van der Waals surface area contributed by atoms with Crippen LogP contribution in [0.3, 0.4) is 0 Å². The van der Waals surface area contributed by atoms with E-state index in [1.807, 2.05) is 0 Å². The summed E-state index contributed by atoms with van der Waals surface area (Å²) in [5.74, 6) is -0.349. The summed E-state index contributed by atoms with van der Waals surface area (Å²) in [6.07, 6.45) is 2.05. The quantitative estimate of drug-likeness (QED) is 0.869. The molecule has 0 spiro atoms. The van der Waals surface area contributed by atoms with E-state index in [1.54, 1.807) is 23.1 Å². The van der Waals surface area contributed by atoms with E-state index in [-0.39, 0.29) is 17.9 Å². The van der Waals surface area contributed by atoms with Crippen LogP contribution in [-0.4, -0.2) is 54.0 Å². The average molecular weight is 275 g/mol. The molecule has 1 N–H and O–H groups in total. The van der Waals surface area contributed by atoms with Crippen LogP contribution in [0.4, 0.5) is 0 Å². The van der Waals surface area contributed by atoms with Crippen LogP contribution in [-0.2, 0) is 4.74 Å². The third-order valence-corrected chi connectivity index (χ3v) is 3.41. The molecule has 0 atom stereocenters. The minimum absolute atomic E-state index is 0.144. The number of nitrogens with zero attached hydrogens (tertiary/aromatic N) is 2. The summed E-state index contributed by atoms with van der Waals surface area (Å²) < 4.78 is 5.22. The highest BCUT2D eigenvalue weighted by molar-refractivity contribution is 5.96. The Hall–Kier alpha value is -1.95. The minimum Gasteiger partial charge on any atom is -0.378 e. The number of morpholine rings is 1. The number of ether oxygens (including phenoxy) is 1. The zero-order valence-corrected chi connectivity index (χ0v) is 11.2. The molecule has 3 rings (SSSR count). The summed E-state index contributed by atoms with van der Waals surface area (Å²) in [6.45, 7) is 2.24. The zero-order chi connectivity index (χ0) is 13.9. The maximum absolute atomic E-state index is 12.3. The lowest BCUT2D eigenvalue weighted by molar-refractivity contribution is 0.0299. The fourth-order valence-corrected chi connectivity index (χ4v) is 2.10. The van der Waals surface area contributed by atoms with Crippen molar-refractivity contribution >= 4 is 11.8 Å². The van der Waals surface area contributed by atoms with Crippen LogP contribution in [0.1, 0.15) is 33.8 Å². The van der Waals surface area contributed by atoms with Crippen molar-refractivity contribution in [3.05, 3.63) is 29.6 Å². The average Bonchev–Trinajstić information content (AvgIpc) is 3.31. The van der Waals surface area contributed by atoms with Gasteiger partial charge in [-0.05, 0) is 25.0 Å². The largest absolute Gasteiger partial charge is 0.378 e. The van der Waals surface area contributed by atoms with Crippen LogP contribution in [0, 0.1) is 0 Å². The molecule has 0 radical (unpaired) electrons. The molecule has 0 bridgehead atoms. The molecule has 1 aliphatic heterocycles. The van der Waals surface area contributed by atoms with E-state index in [0.29, 0.717) is 37.7 Å². The number of hydrogen-bond acceptors (Lipinski definition) is 4. The Morgan fingerprint density at radius 1 is 1.20 bits per heavy atom. The van der Waals surface area contributed by atoms with Gasteiger partial charge in [0.15, 0.2) is 0 Å². The molecule has 0 aromatic carbocycles. The van der Waals surface area contributed by atoms with Crippen molar-refractivity contribution in [1.82, 2.24) is 15.2 Å². The summed E-state index contributed by atoms with van der Waals surface area (Å²) in [7, 11) is 0. The van der Waals surface area contributed by atoms with Crippen LogP contribution >= 0.6 is 0 Å². The number of nitrogens with one attached hydrogen (secondary N) is 1. The Morgan fingerprint density at radius 3 is 2.60 bits per heavy atom. The first kappa shape index (κ1) is 13.1. The molecule has 1 aliphatic carbocycles. The summed E-state index contributed by atoms with van der Waals surface area (Å²) >= 11 is 0. The molecule has 1 saturated heterocycles. The number of rotatable bonds is 3. The van der Waals surface area contributed by atoms with Gasteiger partial charge in [-0.3, -0.25) is 9.59 Å².